The number of hydrogen-bond acceptors (Lipinski definition) is 4. The molecule has 0 aromatic carbocycles. The molecular formula is C25H54N2O2. The van der Waals surface area contributed by atoms with Crippen LogP contribution in [0.5, 0.6) is 0 Å². The van der Waals surface area contributed by atoms with Gasteiger partial charge in [-0.2, -0.15) is 0 Å². The van der Waals surface area contributed by atoms with Crippen molar-refractivity contribution in [3.8, 4) is 0 Å². The molecular weight excluding hydrogens is 360 g/mol. The van der Waals surface area contributed by atoms with Gasteiger partial charge in [-0.05, 0) is 41.0 Å². The van der Waals surface area contributed by atoms with Crippen molar-refractivity contribution in [2.45, 2.75) is 104 Å². The lowest BCUT2D eigenvalue weighted by atomic mass is 9.87. The summed E-state index contributed by atoms with van der Waals surface area (Å²) in [6.07, 6.45) is 16.0. The Balaban J connectivity index is 4.37. The summed E-state index contributed by atoms with van der Waals surface area (Å²) in [5.74, 6) is 0. The molecule has 0 radical (unpaired) electrons. The van der Waals surface area contributed by atoms with Crippen molar-refractivity contribution in [3.63, 3.8) is 0 Å². The highest BCUT2D eigenvalue weighted by Gasteiger charge is 2.38. The lowest BCUT2D eigenvalue weighted by Gasteiger charge is -2.44. The highest BCUT2D eigenvalue weighted by Crippen LogP contribution is 2.28. The number of ether oxygens (including phenoxy) is 2. The summed E-state index contributed by atoms with van der Waals surface area (Å²) in [6.45, 7) is 10.1. The minimum atomic E-state index is -0.0442. The van der Waals surface area contributed by atoms with Crippen LogP contribution >= 0.6 is 0 Å². The molecule has 0 aliphatic carbocycles. The first-order valence-corrected chi connectivity index (χ1v) is 12.4. The van der Waals surface area contributed by atoms with E-state index in [-0.39, 0.29) is 11.6 Å². The monoisotopic (exact) mass is 414 g/mol. The largest absolute Gasteiger partial charge is 0.381 e. The van der Waals surface area contributed by atoms with Crippen LogP contribution in [0.3, 0.4) is 0 Å². The van der Waals surface area contributed by atoms with Crippen LogP contribution in [0, 0.1) is 5.41 Å². The first-order valence-electron chi connectivity index (χ1n) is 12.4. The molecule has 176 valence electrons. The molecule has 0 rings (SSSR count). The first kappa shape index (κ1) is 28.8. The fourth-order valence-electron chi connectivity index (χ4n) is 4.48. The third-order valence-electron chi connectivity index (χ3n) is 5.75. The Morgan fingerprint density at radius 2 is 0.931 bits per heavy atom. The van der Waals surface area contributed by atoms with Crippen molar-refractivity contribution in [1.82, 2.24) is 9.80 Å². The van der Waals surface area contributed by atoms with Crippen LogP contribution in [0.25, 0.3) is 0 Å². The molecule has 0 saturated carbocycles. The van der Waals surface area contributed by atoms with E-state index in [2.05, 4.69) is 58.8 Å². The fourth-order valence-corrected chi connectivity index (χ4v) is 4.48. The SMILES string of the molecule is CCCCCCCCOCC(C)(COCCCCCCCC)C(N(C)C)N(C)C. The van der Waals surface area contributed by atoms with Crippen molar-refractivity contribution < 1.29 is 9.47 Å². The standard InChI is InChI=1S/C25H54N2O2/c1-8-10-12-14-16-18-20-28-22-25(3,24(26(4)5)27(6)7)23-29-21-19-17-15-13-11-9-2/h24H,8-23H2,1-7H3. The van der Waals surface area contributed by atoms with E-state index in [9.17, 15) is 0 Å². The summed E-state index contributed by atoms with van der Waals surface area (Å²) in [5, 5.41) is 0. The molecule has 0 aliphatic rings. The Bertz CT molecular complexity index is 320. The molecule has 0 aromatic heterocycles. The zero-order chi connectivity index (χ0) is 22.0. The average Bonchev–Trinajstić information content (AvgIpc) is 2.65. The smallest absolute Gasteiger partial charge is 0.0712 e. The minimum absolute atomic E-state index is 0.0442. The van der Waals surface area contributed by atoms with Gasteiger partial charge in [0.05, 0.1) is 19.4 Å². The number of nitrogens with zero attached hydrogens (tertiary/aromatic N) is 2. The lowest BCUT2D eigenvalue weighted by Crippen LogP contribution is -2.55. The second-order valence-electron chi connectivity index (χ2n) is 9.60. The third kappa shape index (κ3) is 14.5. The minimum Gasteiger partial charge on any atom is -0.381 e. The molecule has 0 heterocycles. The molecule has 4 nitrogen and oxygen atoms in total. The normalized spacial score (nSPS) is 12.6. The second kappa shape index (κ2) is 18.6. The highest BCUT2D eigenvalue weighted by atomic mass is 16.5. The molecule has 0 saturated heterocycles. The van der Waals surface area contributed by atoms with Crippen LogP contribution in [0.4, 0.5) is 0 Å². The topological polar surface area (TPSA) is 24.9 Å². The summed E-state index contributed by atoms with van der Waals surface area (Å²) in [5.41, 5.74) is -0.0442. The van der Waals surface area contributed by atoms with Gasteiger partial charge >= 0.3 is 0 Å². The maximum absolute atomic E-state index is 6.18. The van der Waals surface area contributed by atoms with E-state index in [1.165, 1.54) is 77.0 Å². The summed E-state index contributed by atoms with van der Waals surface area (Å²) >= 11 is 0. The van der Waals surface area contributed by atoms with Crippen LogP contribution in [0.2, 0.25) is 0 Å². The van der Waals surface area contributed by atoms with Crippen LogP contribution in [-0.2, 0) is 9.47 Å². The van der Waals surface area contributed by atoms with Gasteiger partial charge in [0.1, 0.15) is 0 Å². The number of hydrogen-bond donors (Lipinski definition) is 0. The van der Waals surface area contributed by atoms with Gasteiger partial charge in [-0.3, -0.25) is 9.80 Å². The van der Waals surface area contributed by atoms with Crippen LogP contribution in [0.15, 0.2) is 0 Å². The Morgan fingerprint density at radius 1 is 0.586 bits per heavy atom. The van der Waals surface area contributed by atoms with Gasteiger partial charge in [0.15, 0.2) is 0 Å². The summed E-state index contributed by atoms with van der Waals surface area (Å²) in [4.78, 5) is 4.59. The summed E-state index contributed by atoms with van der Waals surface area (Å²) < 4.78 is 12.4. The van der Waals surface area contributed by atoms with Crippen molar-refractivity contribution in [3.05, 3.63) is 0 Å². The molecule has 0 bridgehead atoms. The van der Waals surface area contributed by atoms with Crippen molar-refractivity contribution in [1.29, 1.82) is 0 Å². The molecule has 0 aromatic rings. The molecule has 0 unspecified atom stereocenters. The summed E-state index contributed by atoms with van der Waals surface area (Å²) in [7, 11) is 8.63. The zero-order valence-electron chi connectivity index (χ0n) is 21.1. The molecule has 0 fully saturated rings. The van der Waals surface area contributed by atoms with Gasteiger partial charge in [-0.1, -0.05) is 85.0 Å². The lowest BCUT2D eigenvalue weighted by molar-refractivity contribution is -0.0929. The maximum Gasteiger partial charge on any atom is 0.0712 e. The van der Waals surface area contributed by atoms with E-state index in [0.29, 0.717) is 0 Å². The predicted molar refractivity (Wildman–Crippen MR) is 128 cm³/mol. The summed E-state index contributed by atoms with van der Waals surface area (Å²) in [6, 6.07) is 0. The van der Waals surface area contributed by atoms with Gasteiger partial charge in [0.25, 0.3) is 0 Å². The van der Waals surface area contributed by atoms with Crippen molar-refractivity contribution in [2.24, 2.45) is 5.41 Å². The molecule has 29 heavy (non-hydrogen) atoms. The zero-order valence-corrected chi connectivity index (χ0v) is 21.1. The number of rotatable bonds is 21. The van der Waals surface area contributed by atoms with Gasteiger partial charge < -0.3 is 9.47 Å². The third-order valence-corrected chi connectivity index (χ3v) is 5.75. The quantitative estimate of drug-likeness (QED) is 0.165. The van der Waals surface area contributed by atoms with Gasteiger partial charge in [0, 0.05) is 18.6 Å². The highest BCUT2D eigenvalue weighted by molar-refractivity contribution is 4.86. The van der Waals surface area contributed by atoms with Crippen LogP contribution in [0.1, 0.15) is 97.8 Å². The fraction of sp³-hybridized carbons (Fsp3) is 1.00. The van der Waals surface area contributed by atoms with Gasteiger partial charge in [-0.25, -0.2) is 0 Å². The number of unbranched alkanes of at least 4 members (excludes halogenated alkanes) is 10. The van der Waals surface area contributed by atoms with E-state index < -0.39 is 0 Å². The molecule has 4 heteroatoms. The first-order chi connectivity index (χ1) is 13.9. The Labute approximate surface area is 183 Å². The van der Waals surface area contributed by atoms with Crippen LogP contribution < -0.4 is 0 Å². The Hall–Kier alpha value is -0.160. The molecule has 0 atom stereocenters. The molecule has 0 aliphatic heterocycles. The van der Waals surface area contributed by atoms with Crippen LogP contribution in [-0.4, -0.2) is 70.6 Å². The van der Waals surface area contributed by atoms with E-state index in [1.54, 1.807) is 0 Å². The maximum atomic E-state index is 6.18. The Kier molecular flexibility index (Phi) is 18.5. The predicted octanol–water partition coefficient (Wildman–Crippen LogP) is 6.20. The van der Waals surface area contributed by atoms with Gasteiger partial charge in [-0.15, -0.1) is 0 Å². The second-order valence-corrected chi connectivity index (χ2v) is 9.60. The van der Waals surface area contributed by atoms with E-state index >= 15 is 0 Å². The van der Waals surface area contributed by atoms with Crippen molar-refractivity contribution >= 4 is 0 Å². The van der Waals surface area contributed by atoms with Crippen molar-refractivity contribution in [2.75, 3.05) is 54.6 Å². The molecule has 0 N–H and O–H groups in total. The Morgan fingerprint density at radius 3 is 1.28 bits per heavy atom. The van der Waals surface area contributed by atoms with E-state index in [1.807, 2.05) is 0 Å². The van der Waals surface area contributed by atoms with E-state index in [0.717, 1.165) is 26.4 Å². The van der Waals surface area contributed by atoms with E-state index in [4.69, 9.17) is 9.47 Å². The average molecular weight is 415 g/mol. The molecule has 0 spiro atoms. The van der Waals surface area contributed by atoms with Gasteiger partial charge in [0.2, 0.25) is 0 Å². The molecule has 0 amide bonds.